The number of anilines is 1. The summed E-state index contributed by atoms with van der Waals surface area (Å²) in [6.07, 6.45) is 0.564. The number of rotatable bonds is 8. The molecular formula is C35H36N4O5. The van der Waals surface area contributed by atoms with E-state index < -0.39 is 41.9 Å². The van der Waals surface area contributed by atoms with Gasteiger partial charge in [0.25, 0.3) is 11.8 Å². The Bertz CT molecular complexity index is 1770. The SMILES string of the molecule is CC(C)C[C@H](NC(=O)c1ccccc1N1C(=O)[C@@H]2Cc3c([nH]c4ccccc34)C(c3ccc(C(C)C)cc3)N2C1=O)C(=O)O. The smallest absolute Gasteiger partial charge is 0.332 e. The van der Waals surface area contributed by atoms with Crippen LogP contribution in [0.25, 0.3) is 10.9 Å². The second-order valence-corrected chi connectivity index (χ2v) is 12.4. The molecule has 9 heteroatoms. The van der Waals surface area contributed by atoms with Crippen LogP contribution in [0, 0.1) is 5.92 Å². The number of H-pyrrole nitrogens is 1. The Morgan fingerprint density at radius 2 is 1.64 bits per heavy atom. The van der Waals surface area contributed by atoms with Crippen molar-refractivity contribution in [1.29, 1.82) is 0 Å². The van der Waals surface area contributed by atoms with E-state index in [1.54, 1.807) is 23.1 Å². The maximum absolute atomic E-state index is 14.4. The van der Waals surface area contributed by atoms with Crippen LogP contribution in [0.15, 0.2) is 72.8 Å². The zero-order valence-corrected chi connectivity index (χ0v) is 25.2. The van der Waals surface area contributed by atoms with Crippen molar-refractivity contribution in [2.75, 3.05) is 4.90 Å². The average molecular weight is 593 g/mol. The van der Waals surface area contributed by atoms with Crippen LogP contribution in [0.2, 0.25) is 0 Å². The first-order chi connectivity index (χ1) is 21.1. The van der Waals surface area contributed by atoms with E-state index >= 15 is 0 Å². The minimum Gasteiger partial charge on any atom is -0.480 e. The summed E-state index contributed by atoms with van der Waals surface area (Å²) >= 11 is 0. The fourth-order valence-corrected chi connectivity index (χ4v) is 6.50. The minimum atomic E-state index is -1.14. The van der Waals surface area contributed by atoms with Crippen molar-refractivity contribution in [3.05, 3.63) is 101 Å². The third-order valence-corrected chi connectivity index (χ3v) is 8.67. The first kappa shape index (κ1) is 29.2. The van der Waals surface area contributed by atoms with Gasteiger partial charge in [0, 0.05) is 23.0 Å². The molecule has 3 atom stereocenters. The number of amides is 4. The lowest BCUT2D eigenvalue weighted by Gasteiger charge is -2.36. The average Bonchev–Trinajstić information content (AvgIpc) is 3.49. The number of carbonyl (C=O) groups is 4. The zero-order valence-electron chi connectivity index (χ0n) is 25.2. The van der Waals surface area contributed by atoms with Crippen LogP contribution in [-0.2, 0) is 16.0 Å². The molecule has 2 aliphatic heterocycles. The Morgan fingerprint density at radius 3 is 2.32 bits per heavy atom. The topological polar surface area (TPSA) is 123 Å². The summed E-state index contributed by atoms with van der Waals surface area (Å²) in [5.74, 6) is -1.86. The number of carbonyl (C=O) groups excluding carboxylic acids is 3. The van der Waals surface area contributed by atoms with Crippen LogP contribution in [0.5, 0.6) is 0 Å². The molecule has 226 valence electrons. The molecule has 2 aliphatic rings. The van der Waals surface area contributed by atoms with Gasteiger partial charge in [-0.25, -0.2) is 14.5 Å². The number of carboxylic acid groups (broad SMARTS) is 1. The van der Waals surface area contributed by atoms with Gasteiger partial charge < -0.3 is 15.4 Å². The highest BCUT2D eigenvalue weighted by Crippen LogP contribution is 2.45. The molecule has 0 saturated carbocycles. The number of para-hydroxylation sites is 2. The maximum atomic E-state index is 14.4. The summed E-state index contributed by atoms with van der Waals surface area (Å²) in [4.78, 5) is 60.2. The maximum Gasteiger partial charge on any atom is 0.332 e. The Labute approximate surface area is 255 Å². The van der Waals surface area contributed by atoms with Gasteiger partial charge in [-0.2, -0.15) is 0 Å². The summed E-state index contributed by atoms with van der Waals surface area (Å²) in [5, 5.41) is 13.3. The van der Waals surface area contributed by atoms with Crippen molar-refractivity contribution in [2.24, 2.45) is 5.92 Å². The zero-order chi connectivity index (χ0) is 31.3. The number of benzene rings is 3. The Morgan fingerprint density at radius 1 is 0.955 bits per heavy atom. The van der Waals surface area contributed by atoms with Gasteiger partial charge in [0.05, 0.1) is 11.3 Å². The lowest BCUT2D eigenvalue weighted by molar-refractivity contribution is -0.139. The van der Waals surface area contributed by atoms with Crippen molar-refractivity contribution in [3.8, 4) is 0 Å². The van der Waals surface area contributed by atoms with Crippen LogP contribution < -0.4 is 10.2 Å². The standard InChI is InChI=1S/C35H36N4O5/c1-19(2)17-27(34(42)43)37-32(40)24-10-6-8-12-28(24)39-33(41)29-18-25-23-9-5-7-11-26(23)36-30(25)31(38(29)35(39)44)22-15-13-21(14-16-22)20(3)4/h5-16,19-20,27,29,31,36H,17-18H2,1-4H3,(H,37,40)(H,42,43)/t27-,29-,31?/m0/s1. The largest absolute Gasteiger partial charge is 0.480 e. The molecule has 1 fully saturated rings. The number of nitrogens with zero attached hydrogens (tertiary/aromatic N) is 2. The van der Waals surface area contributed by atoms with E-state index in [9.17, 15) is 24.3 Å². The van der Waals surface area contributed by atoms with Gasteiger partial charge in [-0.1, -0.05) is 82.3 Å². The number of aromatic nitrogens is 1. The molecule has 9 nitrogen and oxygen atoms in total. The van der Waals surface area contributed by atoms with E-state index in [-0.39, 0.29) is 23.6 Å². The monoisotopic (exact) mass is 592 g/mol. The Hall–Kier alpha value is -4.92. The summed E-state index contributed by atoms with van der Waals surface area (Å²) in [6, 6.07) is 19.4. The highest BCUT2D eigenvalue weighted by atomic mass is 16.4. The van der Waals surface area contributed by atoms with E-state index in [1.165, 1.54) is 11.6 Å². The predicted octanol–water partition coefficient (Wildman–Crippen LogP) is 6.00. The summed E-state index contributed by atoms with van der Waals surface area (Å²) in [7, 11) is 0. The lowest BCUT2D eigenvalue weighted by atomic mass is 9.88. The number of hydrogen-bond donors (Lipinski definition) is 3. The molecule has 4 aromatic rings. The second kappa shape index (κ2) is 11.3. The van der Waals surface area contributed by atoms with Crippen molar-refractivity contribution < 1.29 is 24.3 Å². The van der Waals surface area contributed by atoms with Gasteiger partial charge in [0.15, 0.2) is 0 Å². The third kappa shape index (κ3) is 4.92. The summed E-state index contributed by atoms with van der Waals surface area (Å²) in [6.45, 7) is 7.99. The molecule has 1 unspecified atom stereocenters. The quantitative estimate of drug-likeness (QED) is 0.217. The lowest BCUT2D eigenvalue weighted by Crippen LogP contribution is -2.44. The van der Waals surface area contributed by atoms with Gasteiger partial charge in [0.1, 0.15) is 18.1 Å². The number of urea groups is 1. The molecule has 3 aromatic carbocycles. The van der Waals surface area contributed by atoms with E-state index in [1.807, 2.05) is 50.2 Å². The van der Waals surface area contributed by atoms with Gasteiger partial charge in [0.2, 0.25) is 0 Å². The molecule has 3 N–H and O–H groups in total. The van der Waals surface area contributed by atoms with Gasteiger partial charge in [-0.05, 0) is 53.1 Å². The molecule has 0 radical (unpaired) electrons. The Balaban J connectivity index is 1.42. The minimum absolute atomic E-state index is 0.0315. The van der Waals surface area contributed by atoms with E-state index in [0.29, 0.717) is 12.3 Å². The van der Waals surface area contributed by atoms with Crippen LogP contribution in [0.4, 0.5) is 10.5 Å². The highest BCUT2D eigenvalue weighted by Gasteiger charge is 2.53. The molecule has 4 amide bonds. The van der Waals surface area contributed by atoms with Crippen molar-refractivity contribution >= 4 is 40.4 Å². The van der Waals surface area contributed by atoms with Crippen molar-refractivity contribution in [2.45, 2.75) is 64.6 Å². The number of fused-ring (bicyclic) bond motifs is 4. The summed E-state index contributed by atoms with van der Waals surface area (Å²) < 4.78 is 0. The number of carboxylic acids is 1. The molecule has 1 saturated heterocycles. The number of aromatic amines is 1. The fourth-order valence-electron chi connectivity index (χ4n) is 6.50. The van der Waals surface area contributed by atoms with Crippen molar-refractivity contribution in [1.82, 2.24) is 15.2 Å². The normalized spacial score (nSPS) is 18.6. The number of hydrogen-bond acceptors (Lipinski definition) is 4. The second-order valence-electron chi connectivity index (χ2n) is 12.4. The third-order valence-electron chi connectivity index (χ3n) is 8.67. The molecule has 1 aromatic heterocycles. The molecule has 3 heterocycles. The number of aliphatic carboxylic acids is 1. The summed E-state index contributed by atoms with van der Waals surface area (Å²) in [5.41, 5.74) is 5.03. The molecule has 0 bridgehead atoms. The number of imide groups is 1. The molecule has 44 heavy (non-hydrogen) atoms. The van der Waals surface area contributed by atoms with E-state index in [2.05, 4.69) is 36.3 Å². The van der Waals surface area contributed by atoms with Crippen LogP contribution in [0.1, 0.15) is 78.8 Å². The van der Waals surface area contributed by atoms with Gasteiger partial charge in [-0.3, -0.25) is 14.5 Å². The van der Waals surface area contributed by atoms with Crippen LogP contribution in [-0.4, -0.2) is 50.9 Å². The first-order valence-electron chi connectivity index (χ1n) is 15.0. The van der Waals surface area contributed by atoms with Crippen LogP contribution in [0.3, 0.4) is 0 Å². The predicted molar refractivity (Wildman–Crippen MR) is 168 cm³/mol. The Kier molecular flexibility index (Phi) is 7.49. The molecule has 6 rings (SSSR count). The van der Waals surface area contributed by atoms with E-state index in [0.717, 1.165) is 32.6 Å². The van der Waals surface area contributed by atoms with Gasteiger partial charge >= 0.3 is 12.0 Å². The van der Waals surface area contributed by atoms with Crippen molar-refractivity contribution in [3.63, 3.8) is 0 Å². The molecule has 0 spiro atoms. The molecular weight excluding hydrogens is 556 g/mol. The van der Waals surface area contributed by atoms with E-state index in [4.69, 9.17) is 0 Å². The highest BCUT2D eigenvalue weighted by molar-refractivity contribution is 6.24. The number of nitrogens with one attached hydrogen (secondary N) is 2. The van der Waals surface area contributed by atoms with Crippen LogP contribution >= 0.6 is 0 Å². The first-order valence-corrected chi connectivity index (χ1v) is 15.0. The van der Waals surface area contributed by atoms with Gasteiger partial charge in [-0.15, -0.1) is 0 Å². The molecule has 0 aliphatic carbocycles. The fraction of sp³-hybridized carbons (Fsp3) is 0.314.